The molecule has 5 heterocycles. The molecule has 1 aliphatic carbocycles. The summed E-state index contributed by atoms with van der Waals surface area (Å²) in [5.41, 5.74) is 2.40. The van der Waals surface area contributed by atoms with E-state index in [9.17, 15) is 48.3 Å². The average Bonchev–Trinajstić information content (AvgIpc) is 4.12. The number of carbonyl (C=O) groups is 8. The fourth-order valence-electron chi connectivity index (χ4n) is 10.3. The summed E-state index contributed by atoms with van der Waals surface area (Å²) in [7, 11) is 1.71. The Morgan fingerprint density at radius 1 is 0.895 bits per heavy atom. The van der Waals surface area contributed by atoms with Gasteiger partial charge in [-0.2, -0.15) is 0 Å². The van der Waals surface area contributed by atoms with Crippen LogP contribution in [0.1, 0.15) is 90.4 Å². The molecule has 0 radical (unpaired) electrons. The molecule has 0 saturated heterocycles. The van der Waals surface area contributed by atoms with Gasteiger partial charge in [-0.3, -0.25) is 48.2 Å². The van der Waals surface area contributed by atoms with Crippen LogP contribution in [0, 0.1) is 12.7 Å². The number of aryl methyl sites for hydroxylation is 1. The SMILES string of the molecule is CC[C@@]1(O)C(=O)OCc2c1cc1n(c2=O)Cc2c-1nc1cc(F)c(C)c3c1c2[C@@H](NC(=O)CN(C)CCNC(=O)CNC(=O)[C@H](Cc1ccccc1)NC(=O)CNCCNC(=O)CCCCCN1C(=O)C=CC1=O)CC3. The van der Waals surface area contributed by atoms with Crippen molar-refractivity contribution < 1.29 is 52.6 Å². The van der Waals surface area contributed by atoms with Gasteiger partial charge in [-0.05, 0) is 74.4 Å². The first-order valence-electron chi connectivity index (χ1n) is 25.7. The normalized spacial score (nSPS) is 17.5. The summed E-state index contributed by atoms with van der Waals surface area (Å²) in [6.45, 7) is 3.82. The molecule has 7 N–H and O–H groups in total. The molecule has 22 heteroatoms. The molecule has 2 aromatic heterocycles. The third kappa shape index (κ3) is 12.0. The number of hydrogen-bond donors (Lipinski definition) is 7. The van der Waals surface area contributed by atoms with Crippen LogP contribution in [0.4, 0.5) is 4.39 Å². The van der Waals surface area contributed by atoms with Gasteiger partial charge >= 0.3 is 5.97 Å². The average molecular weight is 1050 g/mol. The van der Waals surface area contributed by atoms with E-state index in [1.807, 2.05) is 18.2 Å². The number of likely N-dealkylation sites (N-methyl/N-ethyl adjacent to an activating group) is 1. The number of imide groups is 1. The van der Waals surface area contributed by atoms with E-state index in [-0.39, 0.29) is 113 Å². The zero-order chi connectivity index (χ0) is 54.3. The van der Waals surface area contributed by atoms with Crippen molar-refractivity contribution in [1.82, 2.24) is 51.3 Å². The summed E-state index contributed by atoms with van der Waals surface area (Å²) >= 11 is 0. The number of rotatable bonds is 24. The van der Waals surface area contributed by atoms with Gasteiger partial charge < -0.3 is 46.3 Å². The van der Waals surface area contributed by atoms with E-state index in [1.165, 1.54) is 27.7 Å². The van der Waals surface area contributed by atoms with Crippen molar-refractivity contribution in [3.63, 3.8) is 0 Å². The molecule has 4 aliphatic rings. The summed E-state index contributed by atoms with van der Waals surface area (Å²) in [5, 5.41) is 29.1. The van der Waals surface area contributed by atoms with E-state index in [4.69, 9.17) is 9.72 Å². The number of ether oxygens (including phenoxy) is 1. The molecule has 0 spiro atoms. The number of nitrogens with one attached hydrogen (secondary N) is 6. The van der Waals surface area contributed by atoms with Gasteiger partial charge in [0.05, 0.1) is 54.7 Å². The summed E-state index contributed by atoms with van der Waals surface area (Å²) in [5.74, 6) is -3.96. The molecule has 0 bridgehead atoms. The largest absolute Gasteiger partial charge is 0.458 e. The van der Waals surface area contributed by atoms with Crippen LogP contribution in [0.3, 0.4) is 0 Å². The predicted molar refractivity (Wildman–Crippen MR) is 274 cm³/mol. The first kappa shape index (κ1) is 54.6. The third-order valence-electron chi connectivity index (χ3n) is 14.4. The Balaban J connectivity index is 0.793. The number of fused-ring (bicyclic) bond motifs is 5. The van der Waals surface area contributed by atoms with Gasteiger partial charge in [-0.15, -0.1) is 0 Å². The van der Waals surface area contributed by atoms with Crippen LogP contribution in [-0.2, 0) is 74.7 Å². The molecule has 0 fully saturated rings. The molecule has 4 aromatic rings. The number of esters is 1. The Labute approximate surface area is 437 Å². The number of nitrogens with zero attached hydrogens (tertiary/aromatic N) is 4. The second-order valence-corrected chi connectivity index (χ2v) is 19.6. The number of aliphatic hydroxyl groups is 1. The Morgan fingerprint density at radius 3 is 2.39 bits per heavy atom. The molecule has 3 atom stereocenters. The van der Waals surface area contributed by atoms with E-state index in [2.05, 4.69) is 31.9 Å². The monoisotopic (exact) mass is 1050 g/mol. The molecule has 8 rings (SSSR count). The van der Waals surface area contributed by atoms with Crippen molar-refractivity contribution in [3.8, 4) is 11.4 Å². The van der Waals surface area contributed by atoms with Crippen molar-refractivity contribution >= 4 is 58.2 Å². The molecule has 7 amide bonds. The summed E-state index contributed by atoms with van der Waals surface area (Å²) in [4.78, 5) is 123. The number of unbranched alkanes of at least 4 members (excludes halogenated alkanes) is 2. The minimum atomic E-state index is -2.03. The maximum absolute atomic E-state index is 15.4. The Bertz CT molecular complexity index is 3050. The predicted octanol–water partition coefficient (Wildman–Crippen LogP) is 0.714. The van der Waals surface area contributed by atoms with Gasteiger partial charge in [-0.1, -0.05) is 43.7 Å². The Kier molecular flexibility index (Phi) is 17.2. The zero-order valence-electron chi connectivity index (χ0n) is 42.8. The molecule has 0 unspecified atom stereocenters. The Hall–Kier alpha value is -7.69. The summed E-state index contributed by atoms with van der Waals surface area (Å²) in [6, 6.07) is 10.5. The molecule has 2 aromatic carbocycles. The van der Waals surface area contributed by atoms with Crippen LogP contribution in [0.2, 0.25) is 0 Å². The van der Waals surface area contributed by atoms with Crippen molar-refractivity contribution in [2.75, 3.05) is 59.4 Å². The second-order valence-electron chi connectivity index (χ2n) is 19.6. The number of aromatic nitrogens is 2. The van der Waals surface area contributed by atoms with Crippen LogP contribution in [0.5, 0.6) is 0 Å². The fourth-order valence-corrected chi connectivity index (χ4v) is 10.3. The minimum Gasteiger partial charge on any atom is -0.458 e. The highest BCUT2D eigenvalue weighted by atomic mass is 19.1. The smallest absolute Gasteiger partial charge is 0.343 e. The number of cyclic esters (lactones) is 1. The lowest BCUT2D eigenvalue weighted by molar-refractivity contribution is -0.172. The van der Waals surface area contributed by atoms with Crippen LogP contribution < -0.4 is 37.5 Å². The van der Waals surface area contributed by atoms with Crippen molar-refractivity contribution in [3.05, 3.63) is 110 Å². The van der Waals surface area contributed by atoms with E-state index < -0.39 is 52.8 Å². The molecule has 3 aliphatic heterocycles. The van der Waals surface area contributed by atoms with Crippen LogP contribution >= 0.6 is 0 Å². The van der Waals surface area contributed by atoms with Gasteiger partial charge in [0.25, 0.3) is 17.4 Å². The molecular formula is C54H63FN10O11. The van der Waals surface area contributed by atoms with Crippen molar-refractivity contribution in [2.45, 2.75) is 96.1 Å². The van der Waals surface area contributed by atoms with Crippen molar-refractivity contribution in [1.29, 1.82) is 0 Å². The lowest BCUT2D eigenvalue weighted by Gasteiger charge is -2.31. The molecular weight excluding hydrogens is 984 g/mol. The Morgan fingerprint density at radius 2 is 1.64 bits per heavy atom. The maximum atomic E-state index is 15.4. The summed E-state index contributed by atoms with van der Waals surface area (Å²) < 4.78 is 22.2. The molecule has 402 valence electrons. The number of carbonyl (C=O) groups excluding carboxylic acids is 8. The van der Waals surface area contributed by atoms with Gasteiger partial charge in [0.15, 0.2) is 5.60 Å². The van der Waals surface area contributed by atoms with Gasteiger partial charge in [0.1, 0.15) is 18.5 Å². The quantitative estimate of drug-likeness (QED) is 0.0255. The lowest BCUT2D eigenvalue weighted by atomic mass is 9.81. The number of benzene rings is 2. The van der Waals surface area contributed by atoms with Crippen LogP contribution in [-0.4, -0.2) is 137 Å². The first-order chi connectivity index (χ1) is 36.5. The summed E-state index contributed by atoms with van der Waals surface area (Å²) in [6.07, 6.45) is 5.62. The highest BCUT2D eigenvalue weighted by Crippen LogP contribution is 2.46. The van der Waals surface area contributed by atoms with E-state index in [1.54, 1.807) is 44.0 Å². The number of amides is 7. The minimum absolute atomic E-state index is 0.0286. The molecule has 21 nitrogen and oxygen atoms in total. The van der Waals surface area contributed by atoms with E-state index >= 15 is 4.39 Å². The van der Waals surface area contributed by atoms with E-state index in [0.717, 1.165) is 16.7 Å². The highest BCUT2D eigenvalue weighted by Gasteiger charge is 2.46. The second kappa shape index (κ2) is 23.9. The van der Waals surface area contributed by atoms with Gasteiger partial charge in [-0.25, -0.2) is 14.2 Å². The molecule has 76 heavy (non-hydrogen) atoms. The highest BCUT2D eigenvalue weighted by molar-refractivity contribution is 6.12. The molecule has 0 saturated carbocycles. The van der Waals surface area contributed by atoms with Gasteiger partial charge in [0, 0.05) is 80.3 Å². The fraction of sp³-hybridized carbons (Fsp3) is 0.444. The third-order valence-corrected chi connectivity index (χ3v) is 14.4. The van der Waals surface area contributed by atoms with Crippen LogP contribution in [0.25, 0.3) is 22.3 Å². The number of hydrogen-bond acceptors (Lipinski definition) is 14. The standard InChI is InChI=1S/C54H63FN10O11/c1-4-54(75)36-24-41-50-34(28-65(41)52(73)35(36)30-76-53(54)74)49-38(15-14-33-31(2)37(55)25-39(62-50)48(33)49)60-45(69)29-63(3)22-20-58-43(67)27-59-51(72)40(23-32-11-7-5-8-12-32)61-44(68)26-56-18-19-57-42(66)13-9-6-10-21-64-46(70)16-17-47(64)71/h5,7-8,11-12,16-17,24-25,38,40,56,75H,4,6,9-10,13-15,18-23,26-30H2,1-3H3,(H,57,66)(H,58,67)(H,59,72)(H,60,69)(H,61,68)/t38-,40-,54-/m0/s1. The number of halogens is 1. The first-order valence-corrected chi connectivity index (χ1v) is 25.7. The topological polar surface area (TPSA) is 280 Å². The van der Waals surface area contributed by atoms with Crippen molar-refractivity contribution in [2.24, 2.45) is 0 Å². The zero-order valence-corrected chi connectivity index (χ0v) is 42.8. The lowest BCUT2D eigenvalue weighted by Crippen LogP contribution is -2.52. The van der Waals surface area contributed by atoms with E-state index in [0.29, 0.717) is 72.1 Å². The van der Waals surface area contributed by atoms with Crippen LogP contribution in [0.15, 0.2) is 59.4 Å². The maximum Gasteiger partial charge on any atom is 0.343 e. The van der Waals surface area contributed by atoms with Gasteiger partial charge in [0.2, 0.25) is 29.5 Å². The number of pyridine rings is 2.